The molecule has 0 aliphatic heterocycles. The zero-order valence-electron chi connectivity index (χ0n) is 10.0. The molecule has 2 aromatic heterocycles. The molecule has 0 atom stereocenters. The van der Waals surface area contributed by atoms with E-state index in [0.29, 0.717) is 27.5 Å². The van der Waals surface area contributed by atoms with Gasteiger partial charge in [0.25, 0.3) is 0 Å². The van der Waals surface area contributed by atoms with E-state index < -0.39 is 0 Å². The summed E-state index contributed by atoms with van der Waals surface area (Å²) in [5.74, 6) is 1.80. The van der Waals surface area contributed by atoms with Gasteiger partial charge in [0.05, 0.1) is 10.0 Å². The topological polar surface area (TPSA) is 54.8 Å². The van der Waals surface area contributed by atoms with Crippen molar-refractivity contribution in [3.05, 3.63) is 28.4 Å². The highest BCUT2D eigenvalue weighted by atomic mass is 35.5. The molecule has 0 fully saturated rings. The predicted molar refractivity (Wildman–Crippen MR) is 74.9 cm³/mol. The molecule has 7 heteroatoms. The van der Waals surface area contributed by atoms with E-state index >= 15 is 0 Å². The lowest BCUT2D eigenvalue weighted by atomic mass is 10.4. The number of hydrogen-bond donors (Lipinski definition) is 2. The van der Waals surface area contributed by atoms with Gasteiger partial charge in [0.15, 0.2) is 11.6 Å². The van der Waals surface area contributed by atoms with Crippen LogP contribution >= 0.6 is 23.2 Å². The van der Waals surface area contributed by atoms with E-state index in [0.717, 1.165) is 6.54 Å². The minimum absolute atomic E-state index is 0.451. The molecule has 0 aromatic carbocycles. The van der Waals surface area contributed by atoms with Gasteiger partial charge in [-0.2, -0.15) is 5.10 Å². The first-order valence-corrected chi connectivity index (χ1v) is 6.22. The Kier molecular flexibility index (Phi) is 3.93. The molecule has 0 aliphatic carbocycles. The summed E-state index contributed by atoms with van der Waals surface area (Å²) in [6.07, 6.45) is 1.83. The average molecular weight is 286 g/mol. The van der Waals surface area contributed by atoms with E-state index in [-0.39, 0.29) is 0 Å². The fourth-order valence-corrected chi connectivity index (χ4v) is 1.92. The largest absolute Gasteiger partial charge is 0.369 e. The van der Waals surface area contributed by atoms with E-state index in [9.17, 15) is 0 Å². The van der Waals surface area contributed by atoms with Gasteiger partial charge in [-0.3, -0.25) is 4.68 Å². The van der Waals surface area contributed by atoms with Gasteiger partial charge in [-0.25, -0.2) is 4.98 Å². The Morgan fingerprint density at radius 3 is 2.61 bits per heavy atom. The number of rotatable bonds is 4. The summed E-state index contributed by atoms with van der Waals surface area (Å²) in [6.45, 7) is 2.70. The molecular formula is C11H13Cl2N5. The summed E-state index contributed by atoms with van der Waals surface area (Å²) < 4.78 is 1.69. The lowest BCUT2D eigenvalue weighted by Gasteiger charge is -2.10. The maximum atomic E-state index is 6.09. The minimum Gasteiger partial charge on any atom is -0.369 e. The van der Waals surface area contributed by atoms with Crippen molar-refractivity contribution in [3.8, 4) is 0 Å². The van der Waals surface area contributed by atoms with Crippen LogP contribution in [0, 0.1) is 0 Å². The summed E-state index contributed by atoms with van der Waals surface area (Å²) in [5.41, 5.74) is 0. The quantitative estimate of drug-likeness (QED) is 0.905. The van der Waals surface area contributed by atoms with Crippen LogP contribution in [0.5, 0.6) is 0 Å². The first kappa shape index (κ1) is 13.0. The van der Waals surface area contributed by atoms with E-state index in [1.165, 1.54) is 0 Å². The monoisotopic (exact) mass is 285 g/mol. The van der Waals surface area contributed by atoms with Crippen LogP contribution in [-0.4, -0.2) is 21.3 Å². The number of nitrogens with one attached hydrogen (secondary N) is 2. The van der Waals surface area contributed by atoms with Crippen molar-refractivity contribution in [2.45, 2.75) is 6.92 Å². The Morgan fingerprint density at radius 1 is 1.28 bits per heavy atom. The summed E-state index contributed by atoms with van der Waals surface area (Å²) in [6, 6.07) is 3.49. The lowest BCUT2D eigenvalue weighted by molar-refractivity contribution is 0.771. The fraction of sp³-hybridized carbons (Fsp3) is 0.273. The predicted octanol–water partition coefficient (Wildman–Crippen LogP) is 3.30. The summed E-state index contributed by atoms with van der Waals surface area (Å²) >= 11 is 12.1. The highest BCUT2D eigenvalue weighted by Crippen LogP contribution is 2.30. The van der Waals surface area contributed by atoms with E-state index in [1.807, 2.05) is 26.2 Å². The van der Waals surface area contributed by atoms with E-state index in [2.05, 4.69) is 20.7 Å². The van der Waals surface area contributed by atoms with Crippen LogP contribution in [0.3, 0.4) is 0 Å². The van der Waals surface area contributed by atoms with Crippen LogP contribution in [0.25, 0.3) is 0 Å². The number of pyridine rings is 1. The third kappa shape index (κ3) is 2.86. The maximum Gasteiger partial charge on any atom is 0.153 e. The molecule has 5 nitrogen and oxygen atoms in total. The van der Waals surface area contributed by atoms with Gasteiger partial charge in [-0.05, 0) is 13.0 Å². The van der Waals surface area contributed by atoms with E-state index in [1.54, 1.807) is 10.7 Å². The Labute approximate surface area is 115 Å². The molecule has 0 amide bonds. The number of hydrogen-bond acceptors (Lipinski definition) is 4. The summed E-state index contributed by atoms with van der Waals surface area (Å²) in [5, 5.41) is 11.3. The van der Waals surface area contributed by atoms with Crippen molar-refractivity contribution in [1.29, 1.82) is 0 Å². The number of aromatic nitrogens is 3. The van der Waals surface area contributed by atoms with Gasteiger partial charge < -0.3 is 10.6 Å². The Bertz CT molecular complexity index is 552. The highest BCUT2D eigenvalue weighted by molar-refractivity contribution is 6.37. The third-order valence-corrected chi connectivity index (χ3v) is 2.81. The molecule has 18 heavy (non-hydrogen) atoms. The molecule has 0 saturated carbocycles. The van der Waals surface area contributed by atoms with Crippen molar-refractivity contribution in [1.82, 2.24) is 14.8 Å². The molecule has 2 aromatic rings. The lowest BCUT2D eigenvalue weighted by Crippen LogP contribution is -2.03. The van der Waals surface area contributed by atoms with Crippen molar-refractivity contribution >= 4 is 40.7 Å². The molecule has 0 unspecified atom stereocenters. The number of aryl methyl sites for hydroxylation is 1. The third-order valence-electron chi connectivity index (χ3n) is 2.23. The first-order valence-electron chi connectivity index (χ1n) is 5.46. The van der Waals surface area contributed by atoms with Gasteiger partial charge in [-0.1, -0.05) is 23.2 Å². The molecule has 0 aliphatic rings. The Morgan fingerprint density at radius 2 is 2.00 bits per heavy atom. The first-order chi connectivity index (χ1) is 8.60. The smallest absolute Gasteiger partial charge is 0.153 e. The molecule has 2 rings (SSSR count). The molecule has 0 spiro atoms. The number of anilines is 3. The van der Waals surface area contributed by atoms with Crippen LogP contribution in [0.4, 0.5) is 17.5 Å². The van der Waals surface area contributed by atoms with Crippen molar-refractivity contribution in [3.63, 3.8) is 0 Å². The molecular weight excluding hydrogens is 273 g/mol. The zero-order valence-corrected chi connectivity index (χ0v) is 11.5. The average Bonchev–Trinajstić information content (AvgIpc) is 2.71. The van der Waals surface area contributed by atoms with Crippen LogP contribution in [-0.2, 0) is 7.05 Å². The van der Waals surface area contributed by atoms with Gasteiger partial charge in [0, 0.05) is 25.9 Å². The number of nitrogens with zero attached hydrogens (tertiary/aromatic N) is 3. The molecule has 0 bridgehead atoms. The van der Waals surface area contributed by atoms with Crippen molar-refractivity contribution < 1.29 is 0 Å². The van der Waals surface area contributed by atoms with Crippen LogP contribution < -0.4 is 10.6 Å². The second-order valence-corrected chi connectivity index (χ2v) is 4.49. The molecule has 96 valence electrons. The fourth-order valence-electron chi connectivity index (χ4n) is 1.45. The van der Waals surface area contributed by atoms with Crippen LogP contribution in [0.2, 0.25) is 10.0 Å². The van der Waals surface area contributed by atoms with Gasteiger partial charge in [0.2, 0.25) is 0 Å². The SMILES string of the molecule is CCNc1nc(Nc2ccn(C)n2)c(Cl)cc1Cl. The van der Waals surface area contributed by atoms with Crippen LogP contribution in [0.1, 0.15) is 6.92 Å². The van der Waals surface area contributed by atoms with Gasteiger partial charge in [-0.15, -0.1) is 0 Å². The van der Waals surface area contributed by atoms with Gasteiger partial charge >= 0.3 is 0 Å². The molecule has 2 heterocycles. The highest BCUT2D eigenvalue weighted by Gasteiger charge is 2.09. The van der Waals surface area contributed by atoms with Crippen LogP contribution in [0.15, 0.2) is 18.3 Å². The standard InChI is InChI=1S/C11H13Cl2N5/c1-3-14-10-7(12)6-8(13)11(16-10)15-9-4-5-18(2)17-9/h4-6H,3H2,1-2H3,(H2,14,15,16,17). The second kappa shape index (κ2) is 5.46. The second-order valence-electron chi connectivity index (χ2n) is 3.68. The molecule has 0 radical (unpaired) electrons. The summed E-state index contributed by atoms with van der Waals surface area (Å²) in [4.78, 5) is 4.33. The van der Waals surface area contributed by atoms with Gasteiger partial charge in [0.1, 0.15) is 5.82 Å². The molecule has 2 N–H and O–H groups in total. The Hall–Kier alpha value is -1.46. The van der Waals surface area contributed by atoms with Crippen molar-refractivity contribution in [2.75, 3.05) is 17.2 Å². The zero-order chi connectivity index (χ0) is 13.1. The van der Waals surface area contributed by atoms with E-state index in [4.69, 9.17) is 23.2 Å². The Balaban J connectivity index is 2.29. The molecule has 0 saturated heterocycles. The maximum absolute atomic E-state index is 6.09. The number of halogens is 2. The van der Waals surface area contributed by atoms with Crippen molar-refractivity contribution in [2.24, 2.45) is 7.05 Å². The minimum atomic E-state index is 0.451. The normalized spacial score (nSPS) is 10.4. The summed E-state index contributed by atoms with van der Waals surface area (Å²) in [7, 11) is 1.84.